The van der Waals surface area contributed by atoms with Crippen LogP contribution in [0.25, 0.3) is 0 Å². The van der Waals surface area contributed by atoms with Crippen molar-refractivity contribution in [3.8, 4) is 5.75 Å². The topological polar surface area (TPSA) is 79.0 Å². The fourth-order valence-electron chi connectivity index (χ4n) is 3.75. The van der Waals surface area contributed by atoms with Crippen molar-refractivity contribution >= 4 is 37.5 Å². The number of nitrogens with zero attached hydrogens (tertiary/aromatic N) is 2. The standard InChI is InChI=1S/C23H30BrN3O4S/c1-3-4-11-26-12-6-13-27(15-14-26)23(28)18-7-5-8-20(16-18)25-32(29,30)22-17-19(24)9-10-21(22)31-2/h5,7-10,16-17,25H,3-4,6,11-15H2,1-2H3. The van der Waals surface area contributed by atoms with Crippen LogP contribution in [0.3, 0.4) is 0 Å². The zero-order valence-electron chi connectivity index (χ0n) is 18.5. The van der Waals surface area contributed by atoms with Crippen molar-refractivity contribution in [1.29, 1.82) is 0 Å². The number of methoxy groups -OCH3 is 1. The maximum Gasteiger partial charge on any atom is 0.265 e. The van der Waals surface area contributed by atoms with Crippen molar-refractivity contribution in [2.75, 3.05) is 44.6 Å². The van der Waals surface area contributed by atoms with E-state index in [1.807, 2.05) is 4.90 Å². The van der Waals surface area contributed by atoms with Gasteiger partial charge in [-0.1, -0.05) is 35.3 Å². The van der Waals surface area contributed by atoms with Gasteiger partial charge in [0.05, 0.1) is 7.11 Å². The molecule has 0 bridgehead atoms. The molecule has 1 aliphatic rings. The van der Waals surface area contributed by atoms with E-state index < -0.39 is 10.0 Å². The van der Waals surface area contributed by atoms with Crippen molar-refractivity contribution in [3.63, 3.8) is 0 Å². The van der Waals surface area contributed by atoms with Crippen LogP contribution in [0.4, 0.5) is 5.69 Å². The zero-order chi connectivity index (χ0) is 23.1. The third-order valence-electron chi connectivity index (χ3n) is 5.48. The van der Waals surface area contributed by atoms with Crippen LogP contribution in [0.1, 0.15) is 36.5 Å². The number of rotatable bonds is 8. The summed E-state index contributed by atoms with van der Waals surface area (Å²) >= 11 is 3.30. The fourth-order valence-corrected chi connectivity index (χ4v) is 5.51. The Balaban J connectivity index is 1.74. The van der Waals surface area contributed by atoms with Gasteiger partial charge in [0.15, 0.2) is 0 Å². The normalized spacial score (nSPS) is 15.3. The Morgan fingerprint density at radius 2 is 1.94 bits per heavy atom. The lowest BCUT2D eigenvalue weighted by Crippen LogP contribution is -2.35. The van der Waals surface area contributed by atoms with E-state index >= 15 is 0 Å². The summed E-state index contributed by atoms with van der Waals surface area (Å²) in [6.45, 7) is 6.48. The molecule has 174 valence electrons. The van der Waals surface area contributed by atoms with Crippen molar-refractivity contribution in [1.82, 2.24) is 9.80 Å². The molecule has 0 atom stereocenters. The first kappa shape index (κ1) is 24.5. The van der Waals surface area contributed by atoms with Gasteiger partial charge < -0.3 is 14.5 Å². The van der Waals surface area contributed by atoms with Crippen LogP contribution in [0.15, 0.2) is 51.8 Å². The van der Waals surface area contributed by atoms with Gasteiger partial charge in [0.2, 0.25) is 0 Å². The van der Waals surface area contributed by atoms with E-state index in [9.17, 15) is 13.2 Å². The van der Waals surface area contributed by atoms with E-state index in [1.54, 1.807) is 36.4 Å². The van der Waals surface area contributed by atoms with E-state index in [0.717, 1.165) is 32.5 Å². The van der Waals surface area contributed by atoms with Gasteiger partial charge in [-0.3, -0.25) is 9.52 Å². The van der Waals surface area contributed by atoms with Gasteiger partial charge in [-0.25, -0.2) is 8.42 Å². The van der Waals surface area contributed by atoms with E-state index in [1.165, 1.54) is 19.6 Å². The van der Waals surface area contributed by atoms with Crippen LogP contribution in [0.5, 0.6) is 5.75 Å². The van der Waals surface area contributed by atoms with Gasteiger partial charge in [-0.05, 0) is 62.3 Å². The molecule has 1 amide bonds. The summed E-state index contributed by atoms with van der Waals surface area (Å²) in [5.74, 6) is 0.161. The molecule has 0 saturated carbocycles. The lowest BCUT2D eigenvalue weighted by molar-refractivity contribution is 0.0761. The van der Waals surface area contributed by atoms with E-state index in [-0.39, 0.29) is 16.6 Å². The zero-order valence-corrected chi connectivity index (χ0v) is 20.9. The average Bonchev–Trinajstić information content (AvgIpc) is 3.02. The molecular weight excluding hydrogens is 494 g/mol. The Morgan fingerprint density at radius 3 is 2.69 bits per heavy atom. The number of anilines is 1. The van der Waals surface area contributed by atoms with Gasteiger partial charge >= 0.3 is 0 Å². The summed E-state index contributed by atoms with van der Waals surface area (Å²) in [7, 11) is -2.48. The van der Waals surface area contributed by atoms with Crippen molar-refractivity contribution in [2.45, 2.75) is 31.1 Å². The first-order valence-corrected chi connectivity index (χ1v) is 13.1. The molecule has 0 aromatic heterocycles. The predicted molar refractivity (Wildman–Crippen MR) is 130 cm³/mol. The number of ether oxygens (including phenoxy) is 1. The largest absolute Gasteiger partial charge is 0.495 e. The number of sulfonamides is 1. The monoisotopic (exact) mass is 523 g/mol. The first-order valence-electron chi connectivity index (χ1n) is 10.8. The number of carbonyl (C=O) groups excluding carboxylic acids is 1. The van der Waals surface area contributed by atoms with Gasteiger partial charge in [0, 0.05) is 35.4 Å². The Labute approximate surface area is 198 Å². The van der Waals surface area contributed by atoms with Gasteiger partial charge in [-0.15, -0.1) is 0 Å². The molecule has 0 aliphatic carbocycles. The maximum absolute atomic E-state index is 13.1. The second-order valence-electron chi connectivity index (χ2n) is 7.82. The van der Waals surface area contributed by atoms with E-state index in [2.05, 4.69) is 32.5 Å². The molecule has 2 aromatic carbocycles. The number of carbonyl (C=O) groups is 1. The molecule has 1 fully saturated rings. The minimum Gasteiger partial charge on any atom is -0.495 e. The van der Waals surface area contributed by atoms with Crippen LogP contribution in [-0.2, 0) is 10.0 Å². The number of amides is 1. The van der Waals surface area contributed by atoms with Crippen LogP contribution < -0.4 is 9.46 Å². The molecule has 9 heteroatoms. The highest BCUT2D eigenvalue weighted by Gasteiger charge is 2.23. The molecule has 2 aromatic rings. The Morgan fingerprint density at radius 1 is 1.12 bits per heavy atom. The quantitative estimate of drug-likeness (QED) is 0.560. The highest BCUT2D eigenvalue weighted by atomic mass is 79.9. The second kappa shape index (κ2) is 11.2. The molecule has 7 nitrogen and oxygen atoms in total. The summed E-state index contributed by atoms with van der Waals surface area (Å²) in [6, 6.07) is 11.4. The number of halogens is 1. The highest BCUT2D eigenvalue weighted by molar-refractivity contribution is 9.10. The third-order valence-corrected chi connectivity index (χ3v) is 7.38. The molecule has 0 spiro atoms. The summed E-state index contributed by atoms with van der Waals surface area (Å²) < 4.78 is 34.3. The minimum atomic E-state index is -3.90. The summed E-state index contributed by atoms with van der Waals surface area (Å²) in [6.07, 6.45) is 3.26. The lowest BCUT2D eigenvalue weighted by Gasteiger charge is -2.22. The molecule has 32 heavy (non-hydrogen) atoms. The summed E-state index contributed by atoms with van der Waals surface area (Å²) in [4.78, 5) is 17.4. The maximum atomic E-state index is 13.1. The van der Waals surface area contributed by atoms with Crippen molar-refractivity contribution in [3.05, 3.63) is 52.5 Å². The Kier molecular flexibility index (Phi) is 8.56. The predicted octanol–water partition coefficient (Wildman–Crippen LogP) is 4.21. The smallest absolute Gasteiger partial charge is 0.265 e. The highest BCUT2D eigenvalue weighted by Crippen LogP contribution is 2.29. The molecule has 1 saturated heterocycles. The number of hydrogen-bond donors (Lipinski definition) is 1. The molecule has 1 aliphatic heterocycles. The SMILES string of the molecule is CCCCN1CCCN(C(=O)c2cccc(NS(=O)(=O)c3cc(Br)ccc3OC)c2)CC1. The third kappa shape index (κ3) is 6.24. The molecule has 0 radical (unpaired) electrons. The van der Waals surface area contributed by atoms with Gasteiger partial charge in [-0.2, -0.15) is 0 Å². The van der Waals surface area contributed by atoms with E-state index in [4.69, 9.17) is 4.74 Å². The lowest BCUT2D eigenvalue weighted by atomic mass is 10.1. The Bertz CT molecular complexity index is 1050. The molecule has 1 N–H and O–H groups in total. The molecule has 0 unspecified atom stereocenters. The molecular formula is C23H30BrN3O4S. The van der Waals surface area contributed by atoms with Crippen LogP contribution >= 0.6 is 15.9 Å². The van der Waals surface area contributed by atoms with Crippen LogP contribution in [0.2, 0.25) is 0 Å². The summed E-state index contributed by atoms with van der Waals surface area (Å²) in [5.41, 5.74) is 0.797. The first-order chi connectivity index (χ1) is 15.3. The van der Waals surface area contributed by atoms with Crippen molar-refractivity contribution < 1.29 is 17.9 Å². The van der Waals surface area contributed by atoms with Gasteiger partial charge in [0.25, 0.3) is 15.9 Å². The van der Waals surface area contributed by atoms with Crippen LogP contribution in [0, 0.1) is 0 Å². The van der Waals surface area contributed by atoms with Gasteiger partial charge in [0.1, 0.15) is 10.6 Å². The van der Waals surface area contributed by atoms with Crippen LogP contribution in [-0.4, -0.2) is 64.0 Å². The average molecular weight is 524 g/mol. The summed E-state index contributed by atoms with van der Waals surface area (Å²) in [5, 5.41) is 0. The van der Waals surface area contributed by atoms with E-state index in [0.29, 0.717) is 28.8 Å². The number of hydrogen-bond acceptors (Lipinski definition) is 5. The Hall–Kier alpha value is -2.10. The fraction of sp³-hybridized carbons (Fsp3) is 0.435. The number of nitrogens with one attached hydrogen (secondary N) is 1. The number of benzene rings is 2. The molecule has 3 rings (SSSR count). The minimum absolute atomic E-state index is 0.0193. The second-order valence-corrected chi connectivity index (χ2v) is 10.4. The number of unbranched alkanes of at least 4 members (excludes halogenated alkanes) is 1. The molecule has 1 heterocycles. The van der Waals surface area contributed by atoms with Crippen molar-refractivity contribution in [2.24, 2.45) is 0 Å².